The van der Waals surface area contributed by atoms with Crippen molar-refractivity contribution in [3.8, 4) is 0 Å². The largest absolute Gasteiger partial charge is 0.323 e. The highest BCUT2D eigenvalue weighted by molar-refractivity contribution is 5.82. The lowest BCUT2D eigenvalue weighted by Crippen LogP contribution is -2.32. The fourth-order valence-electron chi connectivity index (χ4n) is 1.44. The Morgan fingerprint density at radius 1 is 1.55 bits per heavy atom. The van der Waals surface area contributed by atoms with Crippen molar-refractivity contribution in [3.63, 3.8) is 0 Å². The number of nitrogens with zero attached hydrogens (tertiary/aromatic N) is 2. The Hall–Kier alpha value is -0.570. The Kier molecular flexibility index (Phi) is 2.18. The van der Waals surface area contributed by atoms with Crippen LogP contribution in [0.5, 0.6) is 0 Å². The highest BCUT2D eigenvalue weighted by Crippen LogP contribution is 2.25. The maximum atomic E-state index is 5.17. The predicted molar refractivity (Wildman–Crippen MR) is 47.6 cm³/mol. The van der Waals surface area contributed by atoms with Crippen LogP contribution in [-0.4, -0.2) is 29.2 Å². The van der Waals surface area contributed by atoms with E-state index in [0.717, 1.165) is 12.1 Å². The summed E-state index contributed by atoms with van der Waals surface area (Å²) in [5.74, 6) is 5.17. The summed E-state index contributed by atoms with van der Waals surface area (Å²) in [4.78, 5) is 2.42. The molecule has 1 heterocycles. The molecule has 0 unspecified atom stereocenters. The molecule has 3 nitrogen and oxygen atoms in total. The standard InChI is InChI=1S/C8H17N3/c1-7(10-9)6-8(2,3)11-4-5-11/h4-6,9H2,1-3H3/b10-7-. The third-order valence-corrected chi connectivity index (χ3v) is 2.21. The minimum atomic E-state index is 0.257. The summed E-state index contributed by atoms with van der Waals surface area (Å²) in [7, 11) is 0. The summed E-state index contributed by atoms with van der Waals surface area (Å²) in [5.41, 5.74) is 1.29. The van der Waals surface area contributed by atoms with Gasteiger partial charge in [-0.2, -0.15) is 5.10 Å². The van der Waals surface area contributed by atoms with Crippen LogP contribution in [0.15, 0.2) is 5.10 Å². The smallest absolute Gasteiger partial charge is 0.0363 e. The average Bonchev–Trinajstić information content (AvgIpc) is 2.66. The van der Waals surface area contributed by atoms with Gasteiger partial charge in [-0.1, -0.05) is 0 Å². The lowest BCUT2D eigenvalue weighted by Gasteiger charge is -2.25. The van der Waals surface area contributed by atoms with E-state index in [4.69, 9.17) is 5.84 Å². The second kappa shape index (κ2) is 2.81. The van der Waals surface area contributed by atoms with E-state index in [2.05, 4.69) is 23.8 Å². The first-order chi connectivity index (χ1) is 5.06. The van der Waals surface area contributed by atoms with E-state index >= 15 is 0 Å². The molecule has 3 heteroatoms. The zero-order valence-corrected chi connectivity index (χ0v) is 7.59. The van der Waals surface area contributed by atoms with Gasteiger partial charge in [0.2, 0.25) is 0 Å². The maximum absolute atomic E-state index is 5.17. The Labute approximate surface area is 68.3 Å². The molecule has 0 atom stereocenters. The molecule has 0 bridgehead atoms. The minimum Gasteiger partial charge on any atom is -0.323 e. The van der Waals surface area contributed by atoms with Crippen molar-refractivity contribution >= 4 is 5.71 Å². The summed E-state index contributed by atoms with van der Waals surface area (Å²) in [5, 5.41) is 3.67. The van der Waals surface area contributed by atoms with Crippen LogP contribution >= 0.6 is 0 Å². The van der Waals surface area contributed by atoms with Gasteiger partial charge in [0.25, 0.3) is 0 Å². The number of hydrogen-bond acceptors (Lipinski definition) is 3. The molecule has 2 N–H and O–H groups in total. The van der Waals surface area contributed by atoms with Gasteiger partial charge in [-0.05, 0) is 20.8 Å². The fraction of sp³-hybridized carbons (Fsp3) is 0.875. The molecule has 0 saturated carbocycles. The molecule has 64 valence electrons. The topological polar surface area (TPSA) is 41.4 Å². The quantitative estimate of drug-likeness (QED) is 0.283. The first-order valence-corrected chi connectivity index (χ1v) is 4.04. The van der Waals surface area contributed by atoms with Crippen LogP contribution in [0.2, 0.25) is 0 Å². The van der Waals surface area contributed by atoms with Crippen molar-refractivity contribution < 1.29 is 0 Å². The van der Waals surface area contributed by atoms with E-state index in [1.54, 1.807) is 0 Å². The van der Waals surface area contributed by atoms with Crippen molar-refractivity contribution in [2.75, 3.05) is 13.1 Å². The highest BCUT2D eigenvalue weighted by atomic mass is 15.3. The molecule has 0 aliphatic carbocycles. The van der Waals surface area contributed by atoms with Crippen molar-refractivity contribution in [3.05, 3.63) is 0 Å². The molecular weight excluding hydrogens is 138 g/mol. The molecule has 0 amide bonds. The zero-order valence-electron chi connectivity index (χ0n) is 7.59. The van der Waals surface area contributed by atoms with Crippen molar-refractivity contribution in [1.29, 1.82) is 0 Å². The number of hydrogen-bond donors (Lipinski definition) is 1. The van der Waals surface area contributed by atoms with Crippen LogP contribution in [0.1, 0.15) is 27.2 Å². The van der Waals surface area contributed by atoms with E-state index in [0.29, 0.717) is 0 Å². The molecule has 0 aromatic rings. The Morgan fingerprint density at radius 2 is 2.09 bits per heavy atom. The van der Waals surface area contributed by atoms with Gasteiger partial charge >= 0.3 is 0 Å². The minimum absolute atomic E-state index is 0.257. The predicted octanol–water partition coefficient (Wildman–Crippen LogP) is 0.805. The second-order valence-electron chi connectivity index (χ2n) is 3.84. The first kappa shape index (κ1) is 8.53. The lowest BCUT2D eigenvalue weighted by molar-refractivity contribution is 0.291. The van der Waals surface area contributed by atoms with E-state index in [-0.39, 0.29) is 5.54 Å². The summed E-state index contributed by atoms with van der Waals surface area (Å²) >= 11 is 0. The molecule has 0 spiro atoms. The third kappa shape index (κ3) is 2.19. The molecule has 11 heavy (non-hydrogen) atoms. The van der Waals surface area contributed by atoms with Gasteiger partial charge in [-0.3, -0.25) is 4.90 Å². The highest BCUT2D eigenvalue weighted by Gasteiger charge is 2.34. The Bertz CT molecular complexity index is 168. The molecule has 0 aromatic heterocycles. The normalized spacial score (nSPS) is 20.5. The Morgan fingerprint density at radius 3 is 2.45 bits per heavy atom. The summed E-state index contributed by atoms with van der Waals surface area (Å²) in [6.07, 6.45) is 0.976. The fourth-order valence-corrected chi connectivity index (χ4v) is 1.44. The molecule has 1 aliphatic rings. The van der Waals surface area contributed by atoms with E-state index in [9.17, 15) is 0 Å². The lowest BCUT2D eigenvalue weighted by atomic mass is 9.98. The van der Waals surface area contributed by atoms with Crippen LogP contribution in [0, 0.1) is 0 Å². The van der Waals surface area contributed by atoms with Crippen molar-refractivity contribution in [1.82, 2.24) is 4.90 Å². The van der Waals surface area contributed by atoms with Gasteiger partial charge in [0.05, 0.1) is 0 Å². The van der Waals surface area contributed by atoms with E-state index in [1.165, 1.54) is 13.1 Å². The van der Waals surface area contributed by atoms with Gasteiger partial charge in [0.15, 0.2) is 0 Å². The second-order valence-corrected chi connectivity index (χ2v) is 3.84. The Balaban J connectivity index is 2.45. The van der Waals surface area contributed by atoms with Crippen LogP contribution in [0.4, 0.5) is 0 Å². The van der Waals surface area contributed by atoms with Crippen molar-refractivity contribution in [2.24, 2.45) is 10.9 Å². The van der Waals surface area contributed by atoms with Gasteiger partial charge in [0.1, 0.15) is 0 Å². The number of rotatable bonds is 3. The maximum Gasteiger partial charge on any atom is 0.0363 e. The van der Waals surface area contributed by atoms with Gasteiger partial charge in [0, 0.05) is 30.8 Å². The average molecular weight is 155 g/mol. The molecule has 1 fully saturated rings. The van der Waals surface area contributed by atoms with Crippen LogP contribution in [0.3, 0.4) is 0 Å². The summed E-state index contributed by atoms with van der Waals surface area (Å²) in [6, 6.07) is 0. The summed E-state index contributed by atoms with van der Waals surface area (Å²) < 4.78 is 0. The molecule has 0 aromatic carbocycles. The van der Waals surface area contributed by atoms with Crippen LogP contribution in [-0.2, 0) is 0 Å². The molecule has 0 radical (unpaired) electrons. The zero-order chi connectivity index (χ0) is 8.48. The third-order valence-electron chi connectivity index (χ3n) is 2.21. The summed E-state index contributed by atoms with van der Waals surface area (Å²) in [6.45, 7) is 8.89. The number of nitrogens with two attached hydrogens (primary N) is 1. The number of hydrazone groups is 1. The van der Waals surface area contributed by atoms with E-state index < -0.39 is 0 Å². The van der Waals surface area contributed by atoms with Crippen molar-refractivity contribution in [2.45, 2.75) is 32.7 Å². The molecule has 1 aliphatic heterocycles. The van der Waals surface area contributed by atoms with E-state index in [1.807, 2.05) is 6.92 Å². The van der Waals surface area contributed by atoms with Crippen LogP contribution < -0.4 is 5.84 Å². The van der Waals surface area contributed by atoms with Gasteiger partial charge in [-0.25, -0.2) is 0 Å². The monoisotopic (exact) mass is 155 g/mol. The molecule has 1 saturated heterocycles. The SMILES string of the molecule is C/C(CC(C)(C)N1CC1)=N/N. The van der Waals surface area contributed by atoms with Gasteiger partial charge in [-0.15, -0.1) is 0 Å². The first-order valence-electron chi connectivity index (χ1n) is 4.04. The molecular formula is C8H17N3. The van der Waals surface area contributed by atoms with Gasteiger partial charge < -0.3 is 5.84 Å². The molecule has 1 rings (SSSR count). The van der Waals surface area contributed by atoms with Crippen LogP contribution in [0.25, 0.3) is 0 Å².